The molecule has 1 aliphatic rings. The van der Waals surface area contributed by atoms with Gasteiger partial charge in [-0.2, -0.15) is 11.8 Å². The van der Waals surface area contributed by atoms with E-state index < -0.39 is 0 Å². The van der Waals surface area contributed by atoms with Gasteiger partial charge >= 0.3 is 0 Å². The first kappa shape index (κ1) is 14.4. The summed E-state index contributed by atoms with van der Waals surface area (Å²) in [5, 5.41) is 4.38. The molecule has 1 saturated carbocycles. The third kappa shape index (κ3) is 3.21. The standard InChI is InChI=1S/C17H19NO2S/c1-11(2)21-10-13-5-3-4-6-14(13)16(19)15-9-18-20-17(15)12-7-8-12/h3-6,9,11-12H,7-8,10H2,1-2H3. The number of carbonyl (C=O) groups is 1. The molecule has 0 radical (unpaired) electrons. The van der Waals surface area contributed by atoms with Crippen LogP contribution in [0.25, 0.3) is 0 Å². The first-order chi connectivity index (χ1) is 10.2. The Bertz CT molecular complexity index is 644. The van der Waals surface area contributed by atoms with Crippen LogP contribution in [0.15, 0.2) is 35.0 Å². The van der Waals surface area contributed by atoms with Gasteiger partial charge in [-0.1, -0.05) is 43.3 Å². The van der Waals surface area contributed by atoms with E-state index in [2.05, 4.69) is 19.0 Å². The van der Waals surface area contributed by atoms with Crippen molar-refractivity contribution in [1.29, 1.82) is 0 Å². The van der Waals surface area contributed by atoms with Gasteiger partial charge in [-0.15, -0.1) is 0 Å². The Morgan fingerprint density at radius 3 is 2.81 bits per heavy atom. The van der Waals surface area contributed by atoms with Crippen LogP contribution in [0.4, 0.5) is 0 Å². The van der Waals surface area contributed by atoms with E-state index >= 15 is 0 Å². The Labute approximate surface area is 129 Å². The predicted molar refractivity (Wildman–Crippen MR) is 84.8 cm³/mol. The third-order valence-electron chi connectivity index (χ3n) is 3.63. The van der Waals surface area contributed by atoms with E-state index in [4.69, 9.17) is 4.52 Å². The molecule has 0 amide bonds. The molecule has 0 saturated heterocycles. The molecule has 4 heteroatoms. The van der Waals surface area contributed by atoms with E-state index in [1.807, 2.05) is 36.0 Å². The van der Waals surface area contributed by atoms with Crippen LogP contribution in [0.5, 0.6) is 0 Å². The van der Waals surface area contributed by atoms with Crippen molar-refractivity contribution in [3.63, 3.8) is 0 Å². The van der Waals surface area contributed by atoms with E-state index in [0.717, 1.165) is 35.5 Å². The van der Waals surface area contributed by atoms with Gasteiger partial charge in [0.05, 0.1) is 11.8 Å². The summed E-state index contributed by atoms with van der Waals surface area (Å²) in [6, 6.07) is 7.85. The fourth-order valence-corrected chi connectivity index (χ4v) is 3.09. The molecule has 0 atom stereocenters. The molecule has 21 heavy (non-hydrogen) atoms. The number of rotatable bonds is 6. The van der Waals surface area contributed by atoms with Crippen molar-refractivity contribution in [2.24, 2.45) is 0 Å². The summed E-state index contributed by atoms with van der Waals surface area (Å²) in [6.07, 6.45) is 3.77. The van der Waals surface area contributed by atoms with Crippen LogP contribution in [-0.2, 0) is 5.75 Å². The van der Waals surface area contributed by atoms with Crippen LogP contribution in [0, 0.1) is 0 Å². The maximum Gasteiger partial charge on any atom is 0.198 e. The van der Waals surface area contributed by atoms with Gasteiger partial charge in [0.15, 0.2) is 11.5 Å². The third-order valence-corrected chi connectivity index (χ3v) is 4.77. The summed E-state index contributed by atoms with van der Waals surface area (Å²) < 4.78 is 5.29. The molecule has 3 nitrogen and oxygen atoms in total. The number of hydrogen-bond donors (Lipinski definition) is 0. The summed E-state index contributed by atoms with van der Waals surface area (Å²) in [5.74, 6) is 2.05. The molecule has 1 heterocycles. The second-order valence-electron chi connectivity index (χ2n) is 5.72. The minimum atomic E-state index is 0.0399. The summed E-state index contributed by atoms with van der Waals surface area (Å²) in [7, 11) is 0. The molecule has 2 aromatic rings. The van der Waals surface area contributed by atoms with Crippen LogP contribution in [0.2, 0.25) is 0 Å². The average Bonchev–Trinajstić information content (AvgIpc) is 3.22. The highest BCUT2D eigenvalue weighted by atomic mass is 32.2. The SMILES string of the molecule is CC(C)SCc1ccccc1C(=O)c1cnoc1C1CC1. The highest BCUT2D eigenvalue weighted by Gasteiger charge is 2.33. The summed E-state index contributed by atoms with van der Waals surface area (Å²) in [5.41, 5.74) is 2.50. The lowest BCUT2D eigenvalue weighted by Crippen LogP contribution is -2.06. The molecule has 1 fully saturated rings. The van der Waals surface area contributed by atoms with Crippen molar-refractivity contribution in [3.05, 3.63) is 52.9 Å². The van der Waals surface area contributed by atoms with Gasteiger partial charge in [0.2, 0.25) is 0 Å². The summed E-state index contributed by atoms with van der Waals surface area (Å²) in [4.78, 5) is 12.8. The molecule has 1 aromatic heterocycles. The lowest BCUT2D eigenvalue weighted by Gasteiger charge is -2.09. The number of nitrogens with zero attached hydrogens (tertiary/aromatic N) is 1. The predicted octanol–water partition coefficient (Wildman–Crippen LogP) is 4.42. The lowest BCUT2D eigenvalue weighted by atomic mass is 9.99. The monoisotopic (exact) mass is 301 g/mol. The maximum absolute atomic E-state index is 12.8. The molecule has 0 unspecified atom stereocenters. The van der Waals surface area contributed by atoms with E-state index in [0.29, 0.717) is 16.7 Å². The van der Waals surface area contributed by atoms with Gasteiger partial charge in [-0.3, -0.25) is 4.79 Å². The average molecular weight is 301 g/mol. The highest BCUT2D eigenvalue weighted by molar-refractivity contribution is 7.99. The first-order valence-electron chi connectivity index (χ1n) is 7.35. The summed E-state index contributed by atoms with van der Waals surface area (Å²) in [6.45, 7) is 4.33. The fraction of sp³-hybridized carbons (Fsp3) is 0.412. The highest BCUT2D eigenvalue weighted by Crippen LogP contribution is 2.42. The van der Waals surface area contributed by atoms with Crippen LogP contribution < -0.4 is 0 Å². The zero-order valence-corrected chi connectivity index (χ0v) is 13.2. The molecular weight excluding hydrogens is 282 g/mol. The molecule has 0 spiro atoms. The van der Waals surface area contributed by atoms with Crippen LogP contribution in [0.3, 0.4) is 0 Å². The number of thioether (sulfide) groups is 1. The summed E-state index contributed by atoms with van der Waals surface area (Å²) >= 11 is 1.84. The molecule has 0 aliphatic heterocycles. The van der Waals surface area contributed by atoms with Crippen molar-refractivity contribution >= 4 is 17.5 Å². The molecule has 3 rings (SSSR count). The Balaban J connectivity index is 1.88. The quantitative estimate of drug-likeness (QED) is 0.741. The number of ketones is 1. The molecule has 1 aliphatic carbocycles. The van der Waals surface area contributed by atoms with Crippen molar-refractivity contribution in [3.8, 4) is 0 Å². The van der Waals surface area contributed by atoms with Crippen LogP contribution in [0.1, 0.15) is 59.9 Å². The Kier molecular flexibility index (Phi) is 4.15. The van der Waals surface area contributed by atoms with Gasteiger partial charge in [0, 0.05) is 17.2 Å². The van der Waals surface area contributed by atoms with E-state index in [1.54, 1.807) is 6.20 Å². The topological polar surface area (TPSA) is 43.1 Å². The van der Waals surface area contributed by atoms with Gasteiger partial charge in [0.25, 0.3) is 0 Å². The molecular formula is C17H19NO2S. The van der Waals surface area contributed by atoms with Crippen molar-refractivity contribution in [2.75, 3.05) is 0 Å². The zero-order chi connectivity index (χ0) is 14.8. The second-order valence-corrected chi connectivity index (χ2v) is 7.29. The van der Waals surface area contributed by atoms with E-state index in [9.17, 15) is 4.79 Å². The Hall–Kier alpha value is -1.55. The molecule has 1 aromatic carbocycles. The van der Waals surface area contributed by atoms with E-state index in [1.165, 1.54) is 0 Å². The van der Waals surface area contributed by atoms with Crippen molar-refractivity contribution < 1.29 is 9.32 Å². The molecule has 0 N–H and O–H groups in total. The van der Waals surface area contributed by atoms with Crippen LogP contribution >= 0.6 is 11.8 Å². The second kappa shape index (κ2) is 6.06. The van der Waals surface area contributed by atoms with Crippen LogP contribution in [-0.4, -0.2) is 16.2 Å². The Morgan fingerprint density at radius 2 is 2.10 bits per heavy atom. The number of benzene rings is 1. The van der Waals surface area contributed by atoms with Crippen molar-refractivity contribution in [2.45, 2.75) is 43.6 Å². The normalized spacial score (nSPS) is 14.6. The Morgan fingerprint density at radius 1 is 1.33 bits per heavy atom. The fourth-order valence-electron chi connectivity index (χ4n) is 2.33. The maximum atomic E-state index is 12.8. The number of carbonyl (C=O) groups excluding carboxylic acids is 1. The molecule has 0 bridgehead atoms. The van der Waals surface area contributed by atoms with Crippen molar-refractivity contribution in [1.82, 2.24) is 5.16 Å². The zero-order valence-electron chi connectivity index (χ0n) is 12.3. The van der Waals surface area contributed by atoms with E-state index in [-0.39, 0.29) is 5.78 Å². The first-order valence-corrected chi connectivity index (χ1v) is 8.40. The minimum Gasteiger partial charge on any atom is -0.360 e. The lowest BCUT2D eigenvalue weighted by molar-refractivity contribution is 0.103. The smallest absolute Gasteiger partial charge is 0.198 e. The minimum absolute atomic E-state index is 0.0399. The van der Waals surface area contributed by atoms with Gasteiger partial charge in [-0.05, 0) is 23.7 Å². The van der Waals surface area contributed by atoms with Gasteiger partial charge in [-0.25, -0.2) is 0 Å². The molecule has 110 valence electrons. The van der Waals surface area contributed by atoms with Gasteiger partial charge in [0.1, 0.15) is 0 Å². The largest absolute Gasteiger partial charge is 0.360 e. The number of aromatic nitrogens is 1. The van der Waals surface area contributed by atoms with Gasteiger partial charge < -0.3 is 4.52 Å². The number of hydrogen-bond acceptors (Lipinski definition) is 4.